The molecule has 3 aliphatic rings. The lowest BCUT2D eigenvalue weighted by Crippen LogP contribution is -2.73. The number of benzene rings is 2. The lowest BCUT2D eigenvalue weighted by atomic mass is 9.79. The molecule has 1 saturated carbocycles. The summed E-state index contributed by atoms with van der Waals surface area (Å²) in [5.41, 5.74) is 6.18. The van der Waals surface area contributed by atoms with Gasteiger partial charge in [0.1, 0.15) is 23.1 Å². The molecule has 0 unspecified atom stereocenters. The van der Waals surface area contributed by atoms with Crippen LogP contribution in [-0.2, 0) is 16.1 Å². The van der Waals surface area contributed by atoms with E-state index < -0.39 is 11.4 Å². The van der Waals surface area contributed by atoms with Crippen LogP contribution in [0.3, 0.4) is 0 Å². The molecule has 0 aromatic heterocycles. The van der Waals surface area contributed by atoms with Crippen molar-refractivity contribution in [3.05, 3.63) is 59.7 Å². The molecular formula is C33H45ClN4O4. The Hall–Kier alpha value is -3.10. The molecule has 3 amide bonds. The number of ether oxygens (including phenoxy) is 1. The molecule has 2 aliphatic heterocycles. The molecule has 3 N–H and O–H groups in total. The maximum atomic E-state index is 13.8. The number of nitrogens with two attached hydrogens (primary N) is 1. The minimum absolute atomic E-state index is 0. The van der Waals surface area contributed by atoms with Gasteiger partial charge in [-0.25, -0.2) is 0 Å². The molecule has 2 saturated heterocycles. The highest BCUT2D eigenvalue weighted by Crippen LogP contribution is 2.36. The van der Waals surface area contributed by atoms with E-state index in [1.54, 1.807) is 24.3 Å². The largest absolute Gasteiger partial charge is 0.457 e. The molecule has 8 nitrogen and oxygen atoms in total. The summed E-state index contributed by atoms with van der Waals surface area (Å²) in [6.07, 6.45) is 10.1. The highest BCUT2D eigenvalue weighted by molar-refractivity contribution is 6.00. The van der Waals surface area contributed by atoms with Crippen molar-refractivity contribution in [3.8, 4) is 11.5 Å². The molecule has 0 bridgehead atoms. The fourth-order valence-electron chi connectivity index (χ4n) is 6.75. The average Bonchev–Trinajstić information content (AvgIpc) is 2.99. The van der Waals surface area contributed by atoms with E-state index in [-0.39, 0.29) is 30.3 Å². The number of carbonyl (C=O) groups excluding carboxylic acids is 3. The van der Waals surface area contributed by atoms with E-state index in [9.17, 15) is 14.4 Å². The van der Waals surface area contributed by atoms with Crippen LogP contribution in [0.1, 0.15) is 87.1 Å². The lowest BCUT2D eigenvalue weighted by Gasteiger charge is -2.52. The van der Waals surface area contributed by atoms with Gasteiger partial charge in [-0.15, -0.1) is 12.4 Å². The van der Waals surface area contributed by atoms with Gasteiger partial charge < -0.3 is 20.7 Å². The van der Waals surface area contributed by atoms with Gasteiger partial charge in [0.15, 0.2) is 0 Å². The molecule has 3 fully saturated rings. The molecule has 2 aromatic rings. The predicted molar refractivity (Wildman–Crippen MR) is 166 cm³/mol. The van der Waals surface area contributed by atoms with Gasteiger partial charge in [0.05, 0.1) is 0 Å². The molecule has 9 heteroatoms. The standard InChI is InChI=1S/C33H44N4O4.ClH/c1-2-3-19-37-31(39)29(22-24-7-5-4-6-8-24)35-32(40)33(37)17-20-36(21-18-33)23-25-9-13-27(14-10-25)41-28-15-11-26(12-16-28)30(34)38;/h9-16,24,29H,2-8,17-23H2,1H3,(H2,34,38)(H,35,40);1H/t29-;/m0./s1. The van der Waals surface area contributed by atoms with Crippen LogP contribution in [0.2, 0.25) is 0 Å². The van der Waals surface area contributed by atoms with Gasteiger partial charge in [0.2, 0.25) is 17.7 Å². The van der Waals surface area contributed by atoms with E-state index in [4.69, 9.17) is 10.5 Å². The van der Waals surface area contributed by atoms with Gasteiger partial charge in [-0.05, 0) is 73.6 Å². The van der Waals surface area contributed by atoms with E-state index in [1.165, 1.54) is 32.1 Å². The van der Waals surface area contributed by atoms with Gasteiger partial charge in [-0.2, -0.15) is 0 Å². The number of rotatable bonds is 10. The Morgan fingerprint density at radius 3 is 2.19 bits per heavy atom. The van der Waals surface area contributed by atoms with E-state index in [0.717, 1.165) is 44.5 Å². The molecule has 5 rings (SSSR count). The average molecular weight is 597 g/mol. The molecule has 228 valence electrons. The van der Waals surface area contributed by atoms with Crippen molar-refractivity contribution < 1.29 is 19.1 Å². The number of hydrogen-bond acceptors (Lipinski definition) is 5. The summed E-state index contributed by atoms with van der Waals surface area (Å²) in [4.78, 5) is 43.1. The highest BCUT2D eigenvalue weighted by Gasteiger charge is 2.53. The molecule has 1 atom stereocenters. The Labute approximate surface area is 255 Å². The van der Waals surface area contributed by atoms with Crippen molar-refractivity contribution in [2.45, 2.75) is 89.3 Å². The van der Waals surface area contributed by atoms with Gasteiger partial charge in [-0.3, -0.25) is 19.3 Å². The Morgan fingerprint density at radius 2 is 1.60 bits per heavy atom. The minimum Gasteiger partial charge on any atom is -0.457 e. The zero-order chi connectivity index (χ0) is 28.8. The van der Waals surface area contributed by atoms with Crippen molar-refractivity contribution in [3.63, 3.8) is 0 Å². The Kier molecular flexibility index (Phi) is 10.9. The zero-order valence-corrected chi connectivity index (χ0v) is 25.5. The summed E-state index contributed by atoms with van der Waals surface area (Å²) >= 11 is 0. The SMILES string of the molecule is CCCCN1C(=O)[C@H](CC2CCCCC2)NC(=O)C12CCN(Cc1ccc(Oc3ccc(C(N)=O)cc3)cc1)CC2.Cl. The van der Waals surface area contributed by atoms with Crippen LogP contribution in [0.15, 0.2) is 48.5 Å². The first kappa shape index (κ1) is 31.8. The Bertz CT molecular complexity index is 1210. The second kappa shape index (κ2) is 14.4. The first-order valence-corrected chi connectivity index (χ1v) is 15.4. The fourth-order valence-corrected chi connectivity index (χ4v) is 6.75. The number of piperazine rings is 1. The smallest absolute Gasteiger partial charge is 0.248 e. The molecule has 1 aliphatic carbocycles. The van der Waals surface area contributed by atoms with E-state index in [2.05, 4.69) is 29.3 Å². The third-order valence-electron chi connectivity index (χ3n) is 9.23. The first-order chi connectivity index (χ1) is 19.9. The maximum absolute atomic E-state index is 13.8. The molecule has 2 heterocycles. The van der Waals surface area contributed by atoms with Gasteiger partial charge in [0, 0.05) is 31.7 Å². The van der Waals surface area contributed by atoms with Crippen LogP contribution in [-0.4, -0.2) is 58.7 Å². The number of carbonyl (C=O) groups is 3. The molecule has 42 heavy (non-hydrogen) atoms. The van der Waals surface area contributed by atoms with Crippen molar-refractivity contribution in [2.24, 2.45) is 11.7 Å². The third kappa shape index (κ3) is 7.27. The highest BCUT2D eigenvalue weighted by atomic mass is 35.5. The fraction of sp³-hybridized carbons (Fsp3) is 0.545. The number of piperidine rings is 1. The quantitative estimate of drug-likeness (QED) is 0.380. The summed E-state index contributed by atoms with van der Waals surface area (Å²) in [5.74, 6) is 1.62. The Balaban J connectivity index is 0.00000405. The van der Waals surface area contributed by atoms with Crippen molar-refractivity contribution >= 4 is 30.1 Å². The number of likely N-dealkylation sites (tertiary alicyclic amines) is 1. The Morgan fingerprint density at radius 1 is 0.976 bits per heavy atom. The number of primary amides is 1. The number of amides is 3. The summed E-state index contributed by atoms with van der Waals surface area (Å²) in [6, 6.07) is 14.4. The summed E-state index contributed by atoms with van der Waals surface area (Å²) in [6.45, 7) is 5.11. The number of nitrogens with zero attached hydrogens (tertiary/aromatic N) is 2. The summed E-state index contributed by atoms with van der Waals surface area (Å²) in [5, 5.41) is 3.19. The number of halogens is 1. The van der Waals surface area contributed by atoms with Crippen LogP contribution in [0, 0.1) is 5.92 Å². The lowest BCUT2D eigenvalue weighted by molar-refractivity contribution is -0.162. The molecule has 1 spiro atoms. The maximum Gasteiger partial charge on any atom is 0.248 e. The van der Waals surface area contributed by atoms with E-state index in [0.29, 0.717) is 42.4 Å². The van der Waals surface area contributed by atoms with Crippen molar-refractivity contribution in [2.75, 3.05) is 19.6 Å². The molecule has 2 aromatic carbocycles. The van der Waals surface area contributed by atoms with Crippen molar-refractivity contribution in [1.29, 1.82) is 0 Å². The van der Waals surface area contributed by atoms with Crippen molar-refractivity contribution in [1.82, 2.24) is 15.1 Å². The van der Waals surface area contributed by atoms with Crippen LogP contribution in [0.25, 0.3) is 0 Å². The normalized spacial score (nSPS) is 21.1. The predicted octanol–water partition coefficient (Wildman–Crippen LogP) is 5.43. The number of hydrogen-bond donors (Lipinski definition) is 2. The van der Waals surface area contributed by atoms with Crippen LogP contribution in [0.4, 0.5) is 0 Å². The number of unbranched alkanes of at least 4 members (excludes halogenated alkanes) is 1. The van der Waals surface area contributed by atoms with E-state index >= 15 is 0 Å². The minimum atomic E-state index is -0.729. The van der Waals surface area contributed by atoms with Crippen LogP contribution < -0.4 is 15.8 Å². The molecule has 0 radical (unpaired) electrons. The van der Waals surface area contributed by atoms with Crippen LogP contribution in [0.5, 0.6) is 11.5 Å². The summed E-state index contributed by atoms with van der Waals surface area (Å²) < 4.78 is 5.91. The monoisotopic (exact) mass is 596 g/mol. The second-order valence-electron chi connectivity index (χ2n) is 12.1. The van der Waals surface area contributed by atoms with Gasteiger partial charge >= 0.3 is 0 Å². The molecular weight excluding hydrogens is 552 g/mol. The first-order valence-electron chi connectivity index (χ1n) is 15.4. The topological polar surface area (TPSA) is 105 Å². The number of nitrogens with one attached hydrogen (secondary N) is 1. The van der Waals surface area contributed by atoms with Crippen LogP contribution >= 0.6 is 12.4 Å². The summed E-state index contributed by atoms with van der Waals surface area (Å²) in [7, 11) is 0. The van der Waals surface area contributed by atoms with E-state index in [1.807, 2.05) is 17.0 Å². The van der Waals surface area contributed by atoms with Gasteiger partial charge in [-0.1, -0.05) is 57.6 Å². The second-order valence-corrected chi connectivity index (χ2v) is 12.1. The third-order valence-corrected chi connectivity index (χ3v) is 9.23. The zero-order valence-electron chi connectivity index (χ0n) is 24.7. The van der Waals surface area contributed by atoms with Gasteiger partial charge in [0.25, 0.3) is 0 Å².